The second-order valence-corrected chi connectivity index (χ2v) is 9.42. The van der Waals surface area contributed by atoms with E-state index < -0.39 is 0 Å². The lowest BCUT2D eigenvalue weighted by Gasteiger charge is -2.28. The van der Waals surface area contributed by atoms with Crippen molar-refractivity contribution in [1.29, 1.82) is 0 Å². The number of nitrogens with zero attached hydrogens (tertiary/aromatic N) is 2. The van der Waals surface area contributed by atoms with Gasteiger partial charge in [-0.25, -0.2) is 0 Å². The zero-order valence-electron chi connectivity index (χ0n) is 20.0. The van der Waals surface area contributed by atoms with E-state index in [1.54, 1.807) is 54.7 Å². The first kappa shape index (κ1) is 25.5. The molecule has 1 aromatic heterocycles. The van der Waals surface area contributed by atoms with Gasteiger partial charge >= 0.3 is 0 Å². The summed E-state index contributed by atoms with van der Waals surface area (Å²) in [6.45, 7) is 4.01. The predicted molar refractivity (Wildman–Crippen MR) is 135 cm³/mol. The Morgan fingerprint density at radius 3 is 2.24 bits per heavy atom. The quantitative estimate of drug-likeness (QED) is 0.350. The highest BCUT2D eigenvalue weighted by Gasteiger charge is 2.23. The van der Waals surface area contributed by atoms with Crippen molar-refractivity contribution in [1.82, 2.24) is 9.80 Å². The number of methoxy groups -OCH3 is 2. The van der Waals surface area contributed by atoms with Crippen LogP contribution in [0, 0.1) is 6.92 Å². The molecular formula is C27H32N2O4S. The summed E-state index contributed by atoms with van der Waals surface area (Å²) >= 11 is 1.68. The second-order valence-electron chi connectivity index (χ2n) is 8.05. The topological polar surface area (TPSA) is 59.1 Å². The van der Waals surface area contributed by atoms with Gasteiger partial charge in [-0.15, -0.1) is 11.3 Å². The Hall–Kier alpha value is -3.16. The molecule has 0 saturated heterocycles. The van der Waals surface area contributed by atoms with Crippen LogP contribution in [0.25, 0.3) is 0 Å². The predicted octanol–water partition coefficient (Wildman–Crippen LogP) is 4.77. The van der Waals surface area contributed by atoms with Crippen LogP contribution in [0.3, 0.4) is 0 Å². The number of amides is 2. The van der Waals surface area contributed by atoms with Gasteiger partial charge in [-0.3, -0.25) is 9.59 Å². The van der Waals surface area contributed by atoms with Gasteiger partial charge in [0.25, 0.3) is 5.91 Å². The van der Waals surface area contributed by atoms with E-state index in [4.69, 9.17) is 9.47 Å². The highest BCUT2D eigenvalue weighted by molar-refractivity contribution is 7.11. The minimum atomic E-state index is -0.182. The first-order valence-corrected chi connectivity index (χ1v) is 12.1. The van der Waals surface area contributed by atoms with Gasteiger partial charge in [0, 0.05) is 42.1 Å². The van der Waals surface area contributed by atoms with Crippen LogP contribution in [-0.4, -0.2) is 55.5 Å². The van der Waals surface area contributed by atoms with Crippen LogP contribution in [0.15, 0.2) is 66.7 Å². The summed E-state index contributed by atoms with van der Waals surface area (Å²) in [5.74, 6) is 0.409. The Labute approximate surface area is 205 Å². The molecule has 3 rings (SSSR count). The number of hydrogen-bond acceptors (Lipinski definition) is 5. The summed E-state index contributed by atoms with van der Waals surface area (Å²) in [5, 5.41) is 0. The summed E-state index contributed by atoms with van der Waals surface area (Å²) in [4.78, 5) is 32.6. The fraction of sp³-hybridized carbons (Fsp3) is 0.333. The fourth-order valence-electron chi connectivity index (χ4n) is 3.63. The lowest BCUT2D eigenvalue weighted by Crippen LogP contribution is -2.43. The molecule has 34 heavy (non-hydrogen) atoms. The number of benzene rings is 2. The zero-order chi connectivity index (χ0) is 24.3. The molecule has 2 aromatic carbocycles. The van der Waals surface area contributed by atoms with Crippen LogP contribution in [0.1, 0.15) is 32.1 Å². The van der Waals surface area contributed by atoms with Gasteiger partial charge in [0.1, 0.15) is 12.3 Å². The van der Waals surface area contributed by atoms with Gasteiger partial charge < -0.3 is 19.3 Å². The van der Waals surface area contributed by atoms with E-state index >= 15 is 0 Å². The van der Waals surface area contributed by atoms with Gasteiger partial charge in [0.05, 0.1) is 13.7 Å². The molecule has 1 heterocycles. The molecule has 7 heteroatoms. The van der Waals surface area contributed by atoms with E-state index in [2.05, 4.69) is 19.1 Å². The lowest BCUT2D eigenvalue weighted by atomic mass is 10.1. The van der Waals surface area contributed by atoms with Crippen molar-refractivity contribution < 1.29 is 19.1 Å². The smallest absolute Gasteiger partial charge is 0.254 e. The molecule has 0 unspecified atom stereocenters. The average Bonchev–Trinajstić information content (AvgIpc) is 3.27. The molecule has 0 fully saturated rings. The maximum Gasteiger partial charge on any atom is 0.254 e. The van der Waals surface area contributed by atoms with Crippen molar-refractivity contribution >= 4 is 23.2 Å². The number of hydrogen-bond donors (Lipinski definition) is 0. The van der Waals surface area contributed by atoms with Crippen molar-refractivity contribution in [3.8, 4) is 5.75 Å². The normalized spacial score (nSPS) is 10.7. The summed E-state index contributed by atoms with van der Waals surface area (Å²) in [6.07, 6.45) is 0.647. The fourth-order valence-corrected chi connectivity index (χ4v) is 4.53. The Morgan fingerprint density at radius 1 is 0.882 bits per heavy atom. The van der Waals surface area contributed by atoms with Crippen molar-refractivity contribution in [3.63, 3.8) is 0 Å². The molecule has 0 aliphatic heterocycles. The van der Waals surface area contributed by atoms with Crippen LogP contribution in [0.4, 0.5) is 0 Å². The van der Waals surface area contributed by atoms with Crippen LogP contribution in [0.2, 0.25) is 0 Å². The van der Waals surface area contributed by atoms with E-state index in [0.29, 0.717) is 44.0 Å². The third-order valence-corrected chi connectivity index (χ3v) is 6.42. The number of rotatable bonds is 12. The number of ether oxygens (including phenoxy) is 2. The summed E-state index contributed by atoms with van der Waals surface area (Å²) in [5.41, 5.74) is 1.58. The van der Waals surface area contributed by atoms with E-state index in [1.165, 1.54) is 4.88 Å². The van der Waals surface area contributed by atoms with E-state index in [-0.39, 0.29) is 18.4 Å². The molecule has 0 spiro atoms. The minimum Gasteiger partial charge on any atom is -0.497 e. The molecule has 0 atom stereocenters. The molecule has 3 aromatic rings. The van der Waals surface area contributed by atoms with Crippen molar-refractivity contribution in [2.45, 2.75) is 26.4 Å². The van der Waals surface area contributed by atoms with Gasteiger partial charge in [0.2, 0.25) is 5.91 Å². The van der Waals surface area contributed by atoms with E-state index in [9.17, 15) is 9.59 Å². The molecular weight excluding hydrogens is 448 g/mol. The van der Waals surface area contributed by atoms with E-state index in [1.807, 2.05) is 35.2 Å². The van der Waals surface area contributed by atoms with E-state index in [0.717, 1.165) is 10.4 Å². The van der Waals surface area contributed by atoms with Gasteiger partial charge in [-0.05, 0) is 55.3 Å². The molecule has 0 N–H and O–H groups in total. The van der Waals surface area contributed by atoms with Crippen molar-refractivity contribution in [2.24, 2.45) is 0 Å². The Balaban J connectivity index is 1.79. The molecule has 0 bridgehead atoms. The molecule has 0 saturated carbocycles. The highest BCUT2D eigenvalue weighted by Crippen LogP contribution is 2.20. The van der Waals surface area contributed by atoms with Crippen molar-refractivity contribution in [3.05, 3.63) is 87.6 Å². The van der Waals surface area contributed by atoms with Crippen LogP contribution >= 0.6 is 11.3 Å². The number of thiophene rings is 1. The SMILES string of the molecule is COCCCN(CC(=O)N(Cc1ccccc1)Cc1ccc(C)s1)C(=O)c1ccc(OC)cc1. The molecule has 0 aliphatic carbocycles. The Kier molecular flexibility index (Phi) is 9.67. The lowest BCUT2D eigenvalue weighted by molar-refractivity contribution is -0.133. The number of carbonyl (C=O) groups is 2. The Morgan fingerprint density at radius 2 is 1.62 bits per heavy atom. The van der Waals surface area contributed by atoms with Crippen LogP contribution in [-0.2, 0) is 22.6 Å². The number of aryl methyl sites for hydroxylation is 1. The Bertz CT molecular complexity index is 1050. The first-order valence-electron chi connectivity index (χ1n) is 11.3. The third-order valence-electron chi connectivity index (χ3n) is 5.44. The number of carbonyl (C=O) groups excluding carboxylic acids is 2. The summed E-state index contributed by atoms with van der Waals surface area (Å²) < 4.78 is 10.4. The van der Waals surface area contributed by atoms with Gasteiger partial charge in [-0.1, -0.05) is 30.3 Å². The summed E-state index contributed by atoms with van der Waals surface area (Å²) in [7, 11) is 3.22. The highest BCUT2D eigenvalue weighted by atomic mass is 32.1. The second kappa shape index (κ2) is 12.9. The van der Waals surface area contributed by atoms with Crippen molar-refractivity contribution in [2.75, 3.05) is 33.9 Å². The zero-order valence-corrected chi connectivity index (χ0v) is 20.8. The average molecular weight is 481 g/mol. The maximum atomic E-state index is 13.5. The maximum absolute atomic E-state index is 13.5. The standard InChI is InChI=1S/C27H32N2O4S/c1-21-10-15-25(34-21)19-29(18-22-8-5-4-6-9-22)26(30)20-28(16-7-17-32-2)27(31)23-11-13-24(33-3)14-12-23/h4-6,8-15H,7,16-20H2,1-3H3. The molecule has 180 valence electrons. The molecule has 6 nitrogen and oxygen atoms in total. The van der Waals surface area contributed by atoms with Gasteiger partial charge in [-0.2, -0.15) is 0 Å². The van der Waals surface area contributed by atoms with Crippen LogP contribution in [0.5, 0.6) is 5.75 Å². The summed E-state index contributed by atoms with van der Waals surface area (Å²) in [6, 6.07) is 21.0. The minimum absolute atomic E-state index is 0.00572. The monoisotopic (exact) mass is 480 g/mol. The molecule has 2 amide bonds. The molecule has 0 radical (unpaired) electrons. The molecule has 0 aliphatic rings. The first-order chi connectivity index (χ1) is 16.5. The van der Waals surface area contributed by atoms with Gasteiger partial charge in [0.15, 0.2) is 0 Å². The van der Waals surface area contributed by atoms with Crippen LogP contribution < -0.4 is 4.74 Å². The third kappa shape index (κ3) is 7.43. The largest absolute Gasteiger partial charge is 0.497 e.